The second kappa shape index (κ2) is 21.5. The highest BCUT2D eigenvalue weighted by atomic mass is 16.3. The van der Waals surface area contributed by atoms with Gasteiger partial charge in [-0.1, -0.05) is 234 Å². The molecule has 0 aliphatic heterocycles. The molecule has 7 heteroatoms. The van der Waals surface area contributed by atoms with Crippen LogP contribution in [0.2, 0.25) is 0 Å². The van der Waals surface area contributed by atoms with Crippen LogP contribution >= 0.6 is 0 Å². The molecular formula is C89H86N6O. The predicted octanol–water partition coefficient (Wildman–Crippen LogP) is 25.0. The molecule has 15 aromatic rings. The maximum absolute atomic E-state index is 10.1. The van der Waals surface area contributed by atoms with Crippen LogP contribution in [0.5, 0.6) is 0 Å². The lowest BCUT2D eigenvalue weighted by Gasteiger charge is -2.25. The molecule has 0 radical (unpaired) electrons. The minimum Gasteiger partial charge on any atom is -0.466 e. The summed E-state index contributed by atoms with van der Waals surface area (Å²) in [5.41, 5.74) is 20.9. The van der Waals surface area contributed by atoms with E-state index in [1.54, 1.807) is 0 Å². The van der Waals surface area contributed by atoms with Crippen LogP contribution < -0.4 is 0 Å². The molecule has 0 unspecified atom stereocenters. The van der Waals surface area contributed by atoms with E-state index in [1.165, 1.54) is 33.4 Å². The zero-order valence-corrected chi connectivity index (χ0v) is 59.1. The van der Waals surface area contributed by atoms with Gasteiger partial charge in [-0.2, -0.15) is 0 Å². The van der Waals surface area contributed by atoms with Crippen molar-refractivity contribution in [3.05, 3.63) is 239 Å². The smallest absolute Gasteiger partial charge is 0.255 e. The molecule has 0 bridgehead atoms. The molecule has 0 saturated carbocycles. The molecule has 478 valence electrons. The molecule has 0 aliphatic rings. The van der Waals surface area contributed by atoms with E-state index in [0.717, 1.165) is 116 Å². The highest BCUT2D eigenvalue weighted by Crippen LogP contribution is 2.55. The molecule has 5 aromatic heterocycles. The van der Waals surface area contributed by atoms with Crippen molar-refractivity contribution >= 4 is 93.0 Å². The number of hydrogen-bond acceptors (Lipinski definition) is 3. The summed E-state index contributed by atoms with van der Waals surface area (Å²) in [7, 11) is 0. The van der Waals surface area contributed by atoms with Crippen molar-refractivity contribution in [2.24, 2.45) is 0 Å². The van der Waals surface area contributed by atoms with Crippen molar-refractivity contribution in [1.29, 1.82) is 0 Å². The van der Waals surface area contributed by atoms with Crippen LogP contribution in [-0.4, -0.2) is 23.7 Å². The van der Waals surface area contributed by atoms with Crippen molar-refractivity contribution in [1.82, 2.24) is 23.7 Å². The average Bonchev–Trinajstić information content (AvgIpc) is 1.66. The van der Waals surface area contributed by atoms with E-state index in [9.17, 15) is 6.57 Å². The van der Waals surface area contributed by atoms with Gasteiger partial charge in [-0.25, -0.2) is 14.8 Å². The Balaban J connectivity index is 1.24. The minimum absolute atomic E-state index is 0.150. The summed E-state index contributed by atoms with van der Waals surface area (Å²) < 4.78 is 15.4. The summed E-state index contributed by atoms with van der Waals surface area (Å²) in [6.45, 7) is 51.6. The molecule has 15 rings (SSSR count). The van der Waals surface area contributed by atoms with E-state index in [0.29, 0.717) is 28.4 Å². The summed E-state index contributed by atoms with van der Waals surface area (Å²) in [6.07, 6.45) is 0. The lowest BCUT2D eigenvalue weighted by molar-refractivity contribution is 0.590. The Labute approximate surface area is 564 Å². The lowest BCUT2D eigenvalue weighted by Crippen LogP contribution is -2.13. The Hall–Kier alpha value is -10.0. The third kappa shape index (κ3) is 10.0. The standard InChI is InChI=1S/C89H86N6O/c1-84(2,3)54-33-39-70-62(45-54)63-46-55(85(4,5)6)34-40-71(63)93(70)78-76-61-32-26-31-60(69-51-68(52-27-22-20-23-28-52)91-83(92-69)53-29-24-21-25-30-53)81(61)96-82(76)77(90-19)79(94-72-41-35-56(86(7,8)9)47-64(72)65-48-57(87(10,11)12)36-42-73(65)94)80(78)95-74-43-37-58(88(13,14)15)49-66(74)67-50-59(89(16,17)18)38-44-75(67)95/h20-51H,1-18H3. The van der Waals surface area contributed by atoms with Crippen LogP contribution in [0.3, 0.4) is 0 Å². The quantitative estimate of drug-likeness (QED) is 0.156. The Morgan fingerprint density at radius 3 is 1.00 bits per heavy atom. The van der Waals surface area contributed by atoms with Gasteiger partial charge in [0.2, 0.25) is 0 Å². The largest absolute Gasteiger partial charge is 0.466 e. The number of para-hydroxylation sites is 1. The van der Waals surface area contributed by atoms with E-state index in [1.807, 2.05) is 24.3 Å². The Morgan fingerprint density at radius 2 is 0.646 bits per heavy atom. The van der Waals surface area contributed by atoms with Gasteiger partial charge in [0.25, 0.3) is 5.69 Å². The van der Waals surface area contributed by atoms with Crippen molar-refractivity contribution in [3.8, 4) is 51.0 Å². The fourth-order valence-electron chi connectivity index (χ4n) is 14.6. The summed E-state index contributed by atoms with van der Waals surface area (Å²) in [5, 5.41) is 8.55. The molecule has 0 saturated heterocycles. The first-order valence-corrected chi connectivity index (χ1v) is 34.1. The molecule has 0 spiro atoms. The van der Waals surface area contributed by atoms with E-state index >= 15 is 0 Å². The van der Waals surface area contributed by atoms with Crippen molar-refractivity contribution in [2.75, 3.05) is 0 Å². The Morgan fingerprint density at radius 1 is 0.312 bits per heavy atom. The molecule has 0 aliphatic carbocycles. The van der Waals surface area contributed by atoms with Gasteiger partial charge in [0, 0.05) is 59.8 Å². The van der Waals surface area contributed by atoms with Crippen molar-refractivity contribution in [2.45, 2.75) is 157 Å². The number of fused-ring (bicyclic) bond motifs is 12. The van der Waals surface area contributed by atoms with Crippen LogP contribution in [0.15, 0.2) is 199 Å². The first kappa shape index (κ1) is 62.1. The van der Waals surface area contributed by atoms with Crippen LogP contribution in [0.4, 0.5) is 5.69 Å². The van der Waals surface area contributed by atoms with Gasteiger partial charge in [-0.05, 0) is 151 Å². The van der Waals surface area contributed by atoms with E-state index < -0.39 is 0 Å². The number of aromatic nitrogens is 5. The van der Waals surface area contributed by atoms with Crippen molar-refractivity contribution in [3.63, 3.8) is 0 Å². The zero-order valence-electron chi connectivity index (χ0n) is 59.1. The monoisotopic (exact) mass is 1250 g/mol. The SMILES string of the molecule is [C-]#[N+]c1c(-n2c3ccc(C(C)(C)C)cc3c3cc(C(C)(C)C)ccc32)c(-n2c3ccc(C(C)(C)C)cc3c3cc(C(C)(C)C)ccc32)c(-n2c3ccc(C(C)(C)C)cc3c3cc(C(C)(C)C)ccc32)c2c1oc1c(-c3cc(-c4ccccc4)nc(-c4ccccc4)n3)cccc12. The first-order valence-electron chi connectivity index (χ1n) is 34.1. The molecule has 0 atom stereocenters. The number of hydrogen-bond donors (Lipinski definition) is 0. The second-order valence-corrected chi connectivity index (χ2v) is 33.1. The topological polar surface area (TPSA) is 58.1 Å². The van der Waals surface area contributed by atoms with Gasteiger partial charge in [-0.15, -0.1) is 0 Å². The maximum atomic E-state index is 10.1. The van der Waals surface area contributed by atoms with Crippen LogP contribution in [0, 0.1) is 6.57 Å². The summed E-state index contributed by atoms with van der Waals surface area (Å²) >= 11 is 0. The van der Waals surface area contributed by atoms with Gasteiger partial charge in [0.1, 0.15) is 11.2 Å². The first-order chi connectivity index (χ1) is 45.4. The molecule has 0 fully saturated rings. The van der Waals surface area contributed by atoms with Gasteiger partial charge in [0.15, 0.2) is 5.82 Å². The molecule has 0 N–H and O–H groups in total. The van der Waals surface area contributed by atoms with Crippen LogP contribution in [-0.2, 0) is 32.5 Å². The highest BCUT2D eigenvalue weighted by Gasteiger charge is 2.36. The van der Waals surface area contributed by atoms with Crippen LogP contribution in [0.25, 0.3) is 143 Å². The minimum atomic E-state index is -0.154. The van der Waals surface area contributed by atoms with Gasteiger partial charge in [0.05, 0.1) is 68.1 Å². The molecule has 7 nitrogen and oxygen atoms in total. The highest BCUT2D eigenvalue weighted by molar-refractivity contribution is 6.24. The molecule has 5 heterocycles. The summed E-state index contributed by atoms with van der Waals surface area (Å²) in [4.78, 5) is 15.7. The molecule has 96 heavy (non-hydrogen) atoms. The fourth-order valence-corrected chi connectivity index (χ4v) is 14.6. The molecule has 10 aromatic carbocycles. The second-order valence-electron chi connectivity index (χ2n) is 33.1. The molecule has 0 amide bonds. The number of rotatable bonds is 6. The Bertz CT molecular complexity index is 5480. The normalized spacial score (nSPS) is 13.1. The Kier molecular flexibility index (Phi) is 13.9. The third-order valence-corrected chi connectivity index (χ3v) is 20.2. The third-order valence-electron chi connectivity index (χ3n) is 20.2. The van der Waals surface area contributed by atoms with E-state index in [2.05, 4.69) is 308 Å². The summed E-state index contributed by atoms with van der Waals surface area (Å²) in [6, 6.07) is 71.7. The number of furan rings is 1. The van der Waals surface area contributed by atoms with Crippen molar-refractivity contribution < 1.29 is 4.42 Å². The van der Waals surface area contributed by atoms with Gasteiger partial charge in [-0.3, -0.25) is 0 Å². The van der Waals surface area contributed by atoms with E-state index in [-0.39, 0.29) is 32.5 Å². The summed E-state index contributed by atoms with van der Waals surface area (Å²) in [5.74, 6) is 0.605. The van der Waals surface area contributed by atoms with Crippen LogP contribution in [0.1, 0.15) is 158 Å². The number of nitrogens with zero attached hydrogens (tertiary/aromatic N) is 6. The maximum Gasteiger partial charge on any atom is 0.255 e. The average molecular weight is 1260 g/mol. The zero-order chi connectivity index (χ0) is 67.7. The van der Waals surface area contributed by atoms with Gasteiger partial charge < -0.3 is 18.1 Å². The lowest BCUT2D eigenvalue weighted by atomic mass is 9.85. The predicted molar refractivity (Wildman–Crippen MR) is 407 cm³/mol. The fraction of sp³-hybridized carbons (Fsp3) is 0.270. The van der Waals surface area contributed by atoms with Gasteiger partial charge >= 0.3 is 0 Å². The molecular weight excluding hydrogens is 1170 g/mol. The van der Waals surface area contributed by atoms with E-state index in [4.69, 9.17) is 19.2 Å². The number of benzene rings is 10.